The van der Waals surface area contributed by atoms with Gasteiger partial charge in [-0.05, 0) is 12.1 Å². The smallest absolute Gasteiger partial charge is 0.294 e. The van der Waals surface area contributed by atoms with Crippen LogP contribution in [0.4, 0.5) is 11.4 Å². The highest BCUT2D eigenvalue weighted by Crippen LogP contribution is 2.30. The summed E-state index contributed by atoms with van der Waals surface area (Å²) in [7, 11) is 1.79. The molecule has 0 radical (unpaired) electrons. The first-order valence-corrected chi connectivity index (χ1v) is 6.42. The number of nitro groups is 1. The number of halogens is 1. The Morgan fingerprint density at radius 1 is 1.56 bits per heavy atom. The molecule has 7 heteroatoms. The molecule has 2 aromatic rings. The molecule has 0 N–H and O–H groups in total. The van der Waals surface area contributed by atoms with Gasteiger partial charge in [0, 0.05) is 23.5 Å². The minimum absolute atomic E-state index is 0.000213. The molecule has 1 aromatic carbocycles. The van der Waals surface area contributed by atoms with Gasteiger partial charge in [-0.25, -0.2) is 4.98 Å². The van der Waals surface area contributed by atoms with E-state index < -0.39 is 4.92 Å². The van der Waals surface area contributed by atoms with Gasteiger partial charge in [0.1, 0.15) is 5.69 Å². The molecule has 94 valence electrons. The number of nitro benzene ring substituents is 1. The van der Waals surface area contributed by atoms with Crippen molar-refractivity contribution in [1.29, 1.82) is 0 Å². The van der Waals surface area contributed by atoms with E-state index in [4.69, 9.17) is 11.6 Å². The van der Waals surface area contributed by atoms with Crippen molar-refractivity contribution in [2.24, 2.45) is 0 Å². The maximum Gasteiger partial charge on any atom is 0.294 e. The molecule has 0 unspecified atom stereocenters. The van der Waals surface area contributed by atoms with E-state index in [9.17, 15) is 10.1 Å². The topological polar surface area (TPSA) is 59.3 Å². The Bertz CT molecular complexity index is 559. The van der Waals surface area contributed by atoms with Crippen molar-refractivity contribution in [3.8, 4) is 0 Å². The molecule has 1 heterocycles. The molecule has 0 aliphatic heterocycles. The molecule has 0 fully saturated rings. The molecular formula is C11H10ClN3O2S. The number of thiazole rings is 1. The minimum atomic E-state index is -0.432. The Kier molecular flexibility index (Phi) is 3.78. The van der Waals surface area contributed by atoms with Gasteiger partial charge in [-0.2, -0.15) is 0 Å². The first-order chi connectivity index (χ1) is 8.58. The molecule has 0 bridgehead atoms. The van der Waals surface area contributed by atoms with E-state index >= 15 is 0 Å². The average molecular weight is 284 g/mol. The van der Waals surface area contributed by atoms with Crippen molar-refractivity contribution in [1.82, 2.24) is 4.98 Å². The number of anilines is 1. The molecular weight excluding hydrogens is 274 g/mol. The third-order valence-electron chi connectivity index (χ3n) is 2.43. The van der Waals surface area contributed by atoms with E-state index in [1.807, 2.05) is 5.38 Å². The van der Waals surface area contributed by atoms with Crippen LogP contribution in [0.3, 0.4) is 0 Å². The highest BCUT2D eigenvalue weighted by atomic mass is 35.5. The Morgan fingerprint density at radius 3 is 2.94 bits per heavy atom. The van der Waals surface area contributed by atoms with Crippen LogP contribution in [-0.4, -0.2) is 17.0 Å². The normalized spacial score (nSPS) is 10.3. The molecule has 0 amide bonds. The molecule has 1 aromatic heterocycles. The second-order valence-electron chi connectivity index (χ2n) is 3.73. The lowest BCUT2D eigenvalue weighted by atomic mass is 10.2. The second kappa shape index (κ2) is 5.32. The summed E-state index contributed by atoms with van der Waals surface area (Å²) in [6.07, 6.45) is 0. The fourth-order valence-corrected chi connectivity index (χ4v) is 2.33. The summed E-state index contributed by atoms with van der Waals surface area (Å²) < 4.78 is 0. The van der Waals surface area contributed by atoms with Crippen molar-refractivity contribution >= 4 is 34.3 Å². The Labute approximate surface area is 113 Å². The van der Waals surface area contributed by atoms with Crippen LogP contribution in [-0.2, 0) is 6.54 Å². The average Bonchev–Trinajstić information content (AvgIpc) is 2.81. The number of nitrogens with zero attached hydrogens (tertiary/aromatic N) is 3. The molecule has 0 aliphatic rings. The summed E-state index contributed by atoms with van der Waals surface area (Å²) in [5, 5.41) is 13.3. The third kappa shape index (κ3) is 2.77. The zero-order chi connectivity index (χ0) is 13.1. The van der Waals surface area contributed by atoms with Gasteiger partial charge >= 0.3 is 0 Å². The van der Waals surface area contributed by atoms with Crippen LogP contribution in [0, 0.1) is 10.1 Å². The Morgan fingerprint density at radius 2 is 2.33 bits per heavy atom. The van der Waals surface area contributed by atoms with E-state index in [-0.39, 0.29) is 5.69 Å². The SMILES string of the molecule is CN(Cc1cscn1)c1ccc(Cl)cc1[N+](=O)[O-]. The maximum absolute atomic E-state index is 11.0. The van der Waals surface area contributed by atoms with E-state index in [1.54, 1.807) is 29.6 Å². The lowest BCUT2D eigenvalue weighted by Gasteiger charge is -2.17. The van der Waals surface area contributed by atoms with Crippen LogP contribution in [0.5, 0.6) is 0 Å². The van der Waals surface area contributed by atoms with Gasteiger partial charge in [0.05, 0.1) is 22.7 Å². The van der Waals surface area contributed by atoms with Crippen LogP contribution < -0.4 is 4.90 Å². The number of benzene rings is 1. The van der Waals surface area contributed by atoms with Gasteiger partial charge in [0.25, 0.3) is 5.69 Å². The molecule has 2 rings (SSSR count). The minimum Gasteiger partial charge on any atom is -0.363 e. The maximum atomic E-state index is 11.0. The van der Waals surface area contributed by atoms with Gasteiger partial charge < -0.3 is 4.90 Å². The van der Waals surface area contributed by atoms with Gasteiger partial charge in [-0.3, -0.25) is 10.1 Å². The lowest BCUT2D eigenvalue weighted by Crippen LogP contribution is -2.17. The highest BCUT2D eigenvalue weighted by molar-refractivity contribution is 7.07. The quantitative estimate of drug-likeness (QED) is 0.638. The monoisotopic (exact) mass is 283 g/mol. The first kappa shape index (κ1) is 12.8. The second-order valence-corrected chi connectivity index (χ2v) is 4.88. The molecule has 0 saturated carbocycles. The highest BCUT2D eigenvalue weighted by Gasteiger charge is 2.18. The number of aromatic nitrogens is 1. The Balaban J connectivity index is 2.29. The molecule has 0 atom stereocenters. The van der Waals surface area contributed by atoms with Crippen molar-refractivity contribution in [2.75, 3.05) is 11.9 Å². The summed E-state index contributed by atoms with van der Waals surface area (Å²) in [5.74, 6) is 0. The summed E-state index contributed by atoms with van der Waals surface area (Å²) in [5.41, 5.74) is 3.14. The fourth-order valence-electron chi connectivity index (χ4n) is 1.61. The van der Waals surface area contributed by atoms with Gasteiger partial charge in [-0.15, -0.1) is 11.3 Å². The zero-order valence-electron chi connectivity index (χ0n) is 9.54. The van der Waals surface area contributed by atoms with Crippen LogP contribution >= 0.6 is 22.9 Å². The zero-order valence-corrected chi connectivity index (χ0v) is 11.1. The van der Waals surface area contributed by atoms with Gasteiger partial charge in [-0.1, -0.05) is 11.6 Å². The molecule has 18 heavy (non-hydrogen) atoms. The van der Waals surface area contributed by atoms with Crippen LogP contribution in [0.25, 0.3) is 0 Å². The number of rotatable bonds is 4. The predicted octanol–water partition coefficient (Wildman–Crippen LogP) is 3.34. The van der Waals surface area contributed by atoms with E-state index in [0.717, 1.165) is 5.69 Å². The number of hydrogen-bond acceptors (Lipinski definition) is 5. The Hall–Kier alpha value is -1.66. The standard InChI is InChI=1S/C11H10ClN3O2S/c1-14(5-9-6-18-7-13-9)10-3-2-8(12)4-11(10)15(16)17/h2-4,6-7H,5H2,1H3. The molecule has 0 spiro atoms. The molecule has 0 aliphatic carbocycles. The predicted molar refractivity (Wildman–Crippen MR) is 72.3 cm³/mol. The summed E-state index contributed by atoms with van der Waals surface area (Å²) in [6, 6.07) is 4.64. The molecule has 0 saturated heterocycles. The van der Waals surface area contributed by atoms with E-state index in [1.165, 1.54) is 17.4 Å². The molecule has 5 nitrogen and oxygen atoms in total. The van der Waals surface area contributed by atoms with Crippen LogP contribution in [0.1, 0.15) is 5.69 Å². The first-order valence-electron chi connectivity index (χ1n) is 5.10. The summed E-state index contributed by atoms with van der Waals surface area (Å²) >= 11 is 7.27. The largest absolute Gasteiger partial charge is 0.363 e. The van der Waals surface area contributed by atoms with Crippen molar-refractivity contribution in [3.63, 3.8) is 0 Å². The lowest BCUT2D eigenvalue weighted by molar-refractivity contribution is -0.384. The van der Waals surface area contributed by atoms with Gasteiger partial charge in [0.2, 0.25) is 0 Å². The van der Waals surface area contributed by atoms with Crippen LogP contribution in [0.15, 0.2) is 29.1 Å². The van der Waals surface area contributed by atoms with Gasteiger partial charge in [0.15, 0.2) is 0 Å². The summed E-state index contributed by atoms with van der Waals surface area (Å²) in [6.45, 7) is 0.520. The summed E-state index contributed by atoms with van der Waals surface area (Å²) in [4.78, 5) is 16.5. The third-order valence-corrected chi connectivity index (χ3v) is 3.30. The van der Waals surface area contributed by atoms with E-state index in [0.29, 0.717) is 17.3 Å². The fraction of sp³-hybridized carbons (Fsp3) is 0.182. The van der Waals surface area contributed by atoms with Crippen molar-refractivity contribution in [3.05, 3.63) is 49.9 Å². The van der Waals surface area contributed by atoms with Crippen LogP contribution in [0.2, 0.25) is 5.02 Å². The number of hydrogen-bond donors (Lipinski definition) is 0. The van der Waals surface area contributed by atoms with E-state index in [2.05, 4.69) is 4.98 Å². The van der Waals surface area contributed by atoms with Crippen molar-refractivity contribution < 1.29 is 4.92 Å². The van der Waals surface area contributed by atoms with Crippen molar-refractivity contribution in [2.45, 2.75) is 6.54 Å².